The topological polar surface area (TPSA) is 96.3 Å². The van der Waals surface area contributed by atoms with E-state index in [1.165, 1.54) is 20.0 Å². The minimum Gasteiger partial charge on any atom is -0.454 e. The molecule has 8 heteroatoms. The van der Waals surface area contributed by atoms with Crippen LogP contribution in [0.1, 0.15) is 17.3 Å². The van der Waals surface area contributed by atoms with Crippen LogP contribution in [0.5, 0.6) is 11.5 Å². The normalized spacial score (nSPS) is 15.6. The van der Waals surface area contributed by atoms with Crippen molar-refractivity contribution in [2.45, 2.75) is 13.0 Å². The van der Waals surface area contributed by atoms with Crippen LogP contribution in [-0.2, 0) is 4.57 Å². The minimum atomic E-state index is -4.45. The van der Waals surface area contributed by atoms with Crippen LogP contribution in [0.3, 0.4) is 0 Å². The van der Waals surface area contributed by atoms with Crippen LogP contribution in [0.2, 0.25) is 0 Å². The second kappa shape index (κ2) is 4.94. The zero-order valence-electron chi connectivity index (χ0n) is 10.4. The highest BCUT2D eigenvalue weighted by atomic mass is 31.2. The Morgan fingerprint density at radius 1 is 1.37 bits per heavy atom. The maximum absolute atomic E-state index is 12.2. The number of fused-ring (bicyclic) bond motifs is 1. The molecule has 7 nitrogen and oxygen atoms in total. The van der Waals surface area contributed by atoms with Crippen molar-refractivity contribution in [2.75, 3.05) is 13.8 Å². The summed E-state index contributed by atoms with van der Waals surface area (Å²) in [6, 6.07) is 3.70. The molecule has 0 bridgehead atoms. The number of benzene rings is 1. The van der Waals surface area contributed by atoms with Gasteiger partial charge < -0.3 is 19.3 Å². The molecule has 0 saturated carbocycles. The summed E-state index contributed by atoms with van der Waals surface area (Å²) in [6.07, 6.45) is 0. The van der Waals surface area contributed by atoms with E-state index in [1.54, 1.807) is 12.1 Å². The Bertz CT molecular complexity index is 554. The molecule has 0 aliphatic carbocycles. The van der Waals surface area contributed by atoms with Gasteiger partial charge in [0, 0.05) is 5.56 Å². The van der Waals surface area contributed by atoms with Crippen LogP contribution < -0.4 is 9.47 Å². The van der Waals surface area contributed by atoms with Gasteiger partial charge in [-0.3, -0.25) is 4.79 Å². The van der Waals surface area contributed by atoms with E-state index < -0.39 is 19.6 Å². The highest BCUT2D eigenvalue weighted by molar-refractivity contribution is 7.49. The second-order valence-corrected chi connectivity index (χ2v) is 5.85. The largest absolute Gasteiger partial charge is 0.454 e. The van der Waals surface area contributed by atoms with E-state index in [-0.39, 0.29) is 6.79 Å². The van der Waals surface area contributed by atoms with Crippen LogP contribution in [0.25, 0.3) is 0 Å². The zero-order valence-corrected chi connectivity index (χ0v) is 11.3. The number of ether oxygens (including phenoxy) is 2. The van der Waals surface area contributed by atoms with Crippen molar-refractivity contribution in [3.63, 3.8) is 0 Å². The Hall–Kier alpha value is -1.40. The summed E-state index contributed by atoms with van der Waals surface area (Å²) in [4.78, 5) is 30.2. The molecule has 0 radical (unpaired) electrons. The number of nitrogens with zero attached hydrogens (tertiary/aromatic N) is 1. The molecule has 1 unspecified atom stereocenters. The van der Waals surface area contributed by atoms with Gasteiger partial charge in [-0.1, -0.05) is 0 Å². The molecular weight excluding hydrogens is 273 g/mol. The van der Waals surface area contributed by atoms with Crippen molar-refractivity contribution in [1.29, 1.82) is 0 Å². The van der Waals surface area contributed by atoms with Gasteiger partial charge in [0.25, 0.3) is 0 Å². The lowest BCUT2D eigenvalue weighted by Crippen LogP contribution is -2.33. The maximum atomic E-state index is 12.2. The lowest BCUT2D eigenvalue weighted by molar-refractivity contribution is 0.0901. The second-order valence-electron chi connectivity index (χ2n) is 4.20. The Morgan fingerprint density at radius 3 is 2.63 bits per heavy atom. The molecule has 19 heavy (non-hydrogen) atoms. The Labute approximate surface area is 110 Å². The standard InChI is InChI=1S/C11H14NO6P/c1-7(12(2)19(14,15)16)11(13)8-3-4-9-10(5-8)18-6-17-9/h3-5,7H,6H2,1-2H3,(H2,14,15,16). The lowest BCUT2D eigenvalue weighted by Gasteiger charge is -2.23. The average Bonchev–Trinajstić information content (AvgIpc) is 2.82. The van der Waals surface area contributed by atoms with Gasteiger partial charge in [0.05, 0.1) is 6.04 Å². The minimum absolute atomic E-state index is 0.102. The van der Waals surface area contributed by atoms with Crippen molar-refractivity contribution < 1.29 is 28.6 Å². The van der Waals surface area contributed by atoms with Gasteiger partial charge in [-0.2, -0.15) is 0 Å². The van der Waals surface area contributed by atoms with E-state index in [1.807, 2.05) is 0 Å². The summed E-state index contributed by atoms with van der Waals surface area (Å²) in [5, 5.41) is 0. The molecule has 1 aromatic rings. The first-order chi connectivity index (χ1) is 8.80. The van der Waals surface area contributed by atoms with E-state index in [9.17, 15) is 9.36 Å². The van der Waals surface area contributed by atoms with Crippen LogP contribution in [0.15, 0.2) is 18.2 Å². The van der Waals surface area contributed by atoms with Gasteiger partial charge >= 0.3 is 7.75 Å². The van der Waals surface area contributed by atoms with E-state index in [0.29, 0.717) is 17.1 Å². The Balaban J connectivity index is 2.22. The van der Waals surface area contributed by atoms with Crippen LogP contribution >= 0.6 is 7.75 Å². The SMILES string of the molecule is CC(C(=O)c1ccc2c(c1)OCO2)N(C)P(=O)(O)O. The summed E-state index contributed by atoms with van der Waals surface area (Å²) in [7, 11) is -3.24. The van der Waals surface area contributed by atoms with Crippen molar-refractivity contribution in [3.8, 4) is 11.5 Å². The molecule has 2 rings (SSSR count). The third-order valence-electron chi connectivity index (χ3n) is 3.01. The zero-order chi connectivity index (χ0) is 14.2. The molecule has 0 saturated heterocycles. The van der Waals surface area contributed by atoms with Crippen LogP contribution in [0.4, 0.5) is 0 Å². The van der Waals surface area contributed by atoms with E-state index in [0.717, 1.165) is 4.67 Å². The van der Waals surface area contributed by atoms with Crippen molar-refractivity contribution in [1.82, 2.24) is 4.67 Å². The number of hydrogen-bond acceptors (Lipinski definition) is 4. The molecule has 2 N–H and O–H groups in total. The maximum Gasteiger partial charge on any atom is 0.403 e. The molecule has 0 aromatic heterocycles. The molecule has 1 heterocycles. The third kappa shape index (κ3) is 2.79. The fraction of sp³-hybridized carbons (Fsp3) is 0.364. The predicted octanol–water partition coefficient (Wildman–Crippen LogP) is 1.01. The molecule has 0 amide bonds. The first kappa shape index (κ1) is 14.0. The number of ketones is 1. The highest BCUT2D eigenvalue weighted by Gasteiger charge is 2.31. The van der Waals surface area contributed by atoms with Gasteiger partial charge in [0.15, 0.2) is 17.3 Å². The molecular formula is C11H14NO6P. The fourth-order valence-corrected chi connectivity index (χ4v) is 2.24. The number of Topliss-reactive ketones (excluding diaryl/α,β-unsaturated/α-hetero) is 1. The van der Waals surface area contributed by atoms with Crippen molar-refractivity contribution in [2.24, 2.45) is 0 Å². The number of hydrogen-bond donors (Lipinski definition) is 2. The summed E-state index contributed by atoms with van der Waals surface area (Å²) in [5.74, 6) is 0.605. The molecule has 0 spiro atoms. The van der Waals surface area contributed by atoms with Gasteiger partial charge in [-0.25, -0.2) is 9.24 Å². The number of rotatable bonds is 4. The summed E-state index contributed by atoms with van der Waals surface area (Å²) < 4.78 is 22.1. The first-order valence-electron chi connectivity index (χ1n) is 5.53. The van der Waals surface area contributed by atoms with Crippen LogP contribution in [-0.4, -0.2) is 40.1 Å². The molecule has 0 fully saturated rings. The van der Waals surface area contributed by atoms with Crippen molar-refractivity contribution in [3.05, 3.63) is 23.8 Å². The summed E-state index contributed by atoms with van der Waals surface area (Å²) in [5.41, 5.74) is 0.317. The molecule has 1 aliphatic rings. The molecule has 1 aromatic carbocycles. The highest BCUT2D eigenvalue weighted by Crippen LogP contribution is 2.41. The van der Waals surface area contributed by atoms with Gasteiger partial charge in [0.2, 0.25) is 6.79 Å². The Kier molecular flexibility index (Phi) is 3.64. The Morgan fingerprint density at radius 2 is 2.00 bits per heavy atom. The van der Waals surface area contributed by atoms with Crippen molar-refractivity contribution >= 4 is 13.5 Å². The summed E-state index contributed by atoms with van der Waals surface area (Å²) in [6.45, 7) is 1.54. The molecule has 1 aliphatic heterocycles. The van der Waals surface area contributed by atoms with E-state index in [2.05, 4.69) is 0 Å². The smallest absolute Gasteiger partial charge is 0.403 e. The number of carbonyl (C=O) groups is 1. The monoisotopic (exact) mass is 287 g/mol. The van der Waals surface area contributed by atoms with Gasteiger partial charge in [-0.05, 0) is 32.2 Å². The third-order valence-corrected chi connectivity index (χ3v) is 4.18. The predicted molar refractivity (Wildman–Crippen MR) is 66.2 cm³/mol. The first-order valence-corrected chi connectivity index (χ1v) is 7.10. The van der Waals surface area contributed by atoms with Gasteiger partial charge in [0.1, 0.15) is 0 Å². The van der Waals surface area contributed by atoms with E-state index in [4.69, 9.17) is 19.3 Å². The van der Waals surface area contributed by atoms with Gasteiger partial charge in [-0.15, -0.1) is 0 Å². The van der Waals surface area contributed by atoms with Crippen LogP contribution in [0, 0.1) is 0 Å². The lowest BCUT2D eigenvalue weighted by atomic mass is 10.1. The quantitative estimate of drug-likeness (QED) is 0.630. The number of carbonyl (C=O) groups excluding carboxylic acids is 1. The molecule has 104 valence electrons. The summed E-state index contributed by atoms with van der Waals surface area (Å²) >= 11 is 0. The number of likely N-dealkylation sites (N-methyl/N-ethyl adjacent to an activating group) is 1. The fourth-order valence-electron chi connectivity index (χ4n) is 1.69. The van der Waals surface area contributed by atoms with E-state index >= 15 is 0 Å². The molecule has 1 atom stereocenters. The average molecular weight is 287 g/mol.